The third kappa shape index (κ3) is 3.34. The van der Waals surface area contributed by atoms with Crippen molar-refractivity contribution in [3.63, 3.8) is 0 Å². The Morgan fingerprint density at radius 2 is 1.86 bits per heavy atom. The van der Waals surface area contributed by atoms with Gasteiger partial charge >= 0.3 is 0 Å². The molecule has 1 amide bonds. The van der Waals surface area contributed by atoms with Gasteiger partial charge in [0.2, 0.25) is 5.91 Å². The van der Waals surface area contributed by atoms with E-state index in [2.05, 4.69) is 10.5 Å². The first-order valence-electron chi connectivity index (χ1n) is 6.87. The lowest BCUT2D eigenvalue weighted by Crippen LogP contribution is -2.20. The average Bonchev–Trinajstić information content (AvgIpc) is 3.31. The number of rotatable bonds is 4. The van der Waals surface area contributed by atoms with Gasteiger partial charge in [0, 0.05) is 5.92 Å². The van der Waals surface area contributed by atoms with Crippen LogP contribution in [-0.2, 0) is 4.79 Å². The van der Waals surface area contributed by atoms with Gasteiger partial charge in [0.05, 0.1) is 6.21 Å². The molecular weight excluding hydrogens is 267 g/mol. The number of amides is 1. The van der Waals surface area contributed by atoms with Crippen LogP contribution in [0.3, 0.4) is 0 Å². The minimum Gasteiger partial charge on any atom is -0.273 e. The molecule has 0 spiro atoms. The van der Waals surface area contributed by atoms with Crippen LogP contribution < -0.4 is 5.43 Å². The average molecular weight is 282 g/mol. The summed E-state index contributed by atoms with van der Waals surface area (Å²) in [5.74, 6) is -0.0629. The second-order valence-corrected chi connectivity index (χ2v) is 5.15. The summed E-state index contributed by atoms with van der Waals surface area (Å²) in [6, 6.07) is 15.9. The molecule has 0 radical (unpaired) electrons. The summed E-state index contributed by atoms with van der Waals surface area (Å²) < 4.78 is 12.7. The number of hydrazone groups is 1. The van der Waals surface area contributed by atoms with Crippen LogP contribution in [0.5, 0.6) is 0 Å². The summed E-state index contributed by atoms with van der Waals surface area (Å²) in [5, 5.41) is 3.91. The molecule has 1 saturated carbocycles. The van der Waals surface area contributed by atoms with Crippen molar-refractivity contribution in [3.05, 3.63) is 71.5 Å². The van der Waals surface area contributed by atoms with Crippen molar-refractivity contribution in [2.45, 2.75) is 12.3 Å². The number of carbonyl (C=O) groups excluding carboxylic acids is 1. The van der Waals surface area contributed by atoms with E-state index < -0.39 is 0 Å². The lowest BCUT2D eigenvalue weighted by molar-refractivity contribution is -0.122. The number of hydrogen-bond donors (Lipinski definition) is 1. The summed E-state index contributed by atoms with van der Waals surface area (Å²) in [6.45, 7) is 0. The van der Waals surface area contributed by atoms with Gasteiger partial charge in [0.1, 0.15) is 5.82 Å². The normalized spacial score (nSPS) is 20.4. The van der Waals surface area contributed by atoms with Crippen molar-refractivity contribution in [1.29, 1.82) is 0 Å². The van der Waals surface area contributed by atoms with Crippen LogP contribution in [0.4, 0.5) is 4.39 Å². The fraction of sp³-hybridized carbons (Fsp3) is 0.176. The Morgan fingerprint density at radius 3 is 2.57 bits per heavy atom. The number of nitrogens with one attached hydrogen (secondary N) is 1. The van der Waals surface area contributed by atoms with E-state index in [0.29, 0.717) is 5.92 Å². The zero-order chi connectivity index (χ0) is 14.7. The third-order valence-corrected chi connectivity index (χ3v) is 3.61. The Kier molecular flexibility index (Phi) is 3.77. The summed E-state index contributed by atoms with van der Waals surface area (Å²) >= 11 is 0. The Bertz CT molecular complexity index is 652. The highest BCUT2D eigenvalue weighted by Crippen LogP contribution is 2.47. The molecule has 0 aromatic heterocycles. The largest absolute Gasteiger partial charge is 0.273 e. The fourth-order valence-corrected chi connectivity index (χ4v) is 2.36. The number of nitrogens with zero attached hydrogens (tertiary/aromatic N) is 1. The predicted molar refractivity (Wildman–Crippen MR) is 79.4 cm³/mol. The molecule has 3 rings (SSSR count). The van der Waals surface area contributed by atoms with E-state index in [4.69, 9.17) is 0 Å². The Hall–Kier alpha value is -2.49. The topological polar surface area (TPSA) is 41.5 Å². The second-order valence-electron chi connectivity index (χ2n) is 5.15. The molecule has 0 aliphatic heterocycles. The smallest absolute Gasteiger partial charge is 0.243 e. The summed E-state index contributed by atoms with van der Waals surface area (Å²) in [4.78, 5) is 11.9. The van der Waals surface area contributed by atoms with Gasteiger partial charge in [0.15, 0.2) is 0 Å². The van der Waals surface area contributed by atoms with E-state index in [9.17, 15) is 9.18 Å². The molecule has 21 heavy (non-hydrogen) atoms. The Morgan fingerprint density at radius 1 is 1.14 bits per heavy atom. The molecule has 2 aromatic rings. The first-order chi connectivity index (χ1) is 10.2. The summed E-state index contributed by atoms with van der Waals surface area (Å²) in [5.41, 5.74) is 4.48. The van der Waals surface area contributed by atoms with Gasteiger partial charge in [-0.15, -0.1) is 0 Å². The van der Waals surface area contributed by atoms with Crippen molar-refractivity contribution in [2.75, 3.05) is 0 Å². The van der Waals surface area contributed by atoms with Crippen LogP contribution in [0.15, 0.2) is 59.7 Å². The van der Waals surface area contributed by atoms with E-state index in [0.717, 1.165) is 12.0 Å². The van der Waals surface area contributed by atoms with E-state index in [1.807, 2.05) is 30.3 Å². The lowest BCUT2D eigenvalue weighted by Gasteiger charge is -2.00. The van der Waals surface area contributed by atoms with Crippen LogP contribution in [0.25, 0.3) is 0 Å². The third-order valence-electron chi connectivity index (χ3n) is 3.61. The van der Waals surface area contributed by atoms with Crippen molar-refractivity contribution in [2.24, 2.45) is 11.0 Å². The van der Waals surface area contributed by atoms with Crippen molar-refractivity contribution < 1.29 is 9.18 Å². The highest BCUT2D eigenvalue weighted by atomic mass is 19.1. The minimum atomic E-state index is -0.292. The van der Waals surface area contributed by atoms with Crippen LogP contribution in [-0.4, -0.2) is 12.1 Å². The minimum absolute atomic E-state index is 0.00207. The highest BCUT2D eigenvalue weighted by molar-refractivity contribution is 5.85. The predicted octanol–water partition coefficient (Wildman–Crippen LogP) is 3.08. The maximum atomic E-state index is 12.7. The van der Waals surface area contributed by atoms with Gasteiger partial charge in [-0.3, -0.25) is 4.79 Å². The first-order valence-corrected chi connectivity index (χ1v) is 6.87. The zero-order valence-corrected chi connectivity index (χ0v) is 11.4. The molecule has 2 atom stereocenters. The molecule has 106 valence electrons. The van der Waals surface area contributed by atoms with Gasteiger partial charge in [-0.25, -0.2) is 9.82 Å². The molecule has 0 saturated heterocycles. The van der Waals surface area contributed by atoms with E-state index in [-0.39, 0.29) is 17.6 Å². The quantitative estimate of drug-likeness (QED) is 0.679. The molecular formula is C17H15FN2O. The van der Waals surface area contributed by atoms with Crippen LogP contribution in [0.1, 0.15) is 23.5 Å². The Balaban J connectivity index is 1.53. The lowest BCUT2D eigenvalue weighted by atomic mass is 10.1. The van der Waals surface area contributed by atoms with Gasteiger partial charge in [-0.1, -0.05) is 42.5 Å². The molecule has 4 heteroatoms. The SMILES string of the molecule is O=C(N/N=C\c1ccc(F)cc1)[C@@H]1C[C@H]1c1ccccc1. The Labute approximate surface area is 122 Å². The number of carbonyl (C=O) groups is 1. The highest BCUT2D eigenvalue weighted by Gasteiger charge is 2.43. The number of halogens is 1. The van der Waals surface area contributed by atoms with Gasteiger partial charge < -0.3 is 0 Å². The molecule has 1 fully saturated rings. The molecule has 2 aromatic carbocycles. The summed E-state index contributed by atoms with van der Waals surface area (Å²) in [7, 11) is 0. The van der Waals surface area contributed by atoms with Crippen LogP contribution in [0, 0.1) is 11.7 Å². The second kappa shape index (κ2) is 5.87. The standard InChI is InChI=1S/C17H15FN2O/c18-14-8-6-12(7-9-14)11-19-20-17(21)16-10-15(16)13-4-2-1-3-5-13/h1-9,11,15-16H,10H2,(H,20,21)/b19-11-/t15-,16+/m0/s1. The zero-order valence-electron chi connectivity index (χ0n) is 11.4. The molecule has 1 aliphatic rings. The molecule has 0 heterocycles. The van der Waals surface area contributed by atoms with E-state index in [1.165, 1.54) is 23.9 Å². The van der Waals surface area contributed by atoms with Gasteiger partial charge in [-0.05, 0) is 35.6 Å². The molecule has 0 bridgehead atoms. The monoisotopic (exact) mass is 282 g/mol. The van der Waals surface area contributed by atoms with Crippen molar-refractivity contribution in [3.8, 4) is 0 Å². The molecule has 1 N–H and O–H groups in total. The first kappa shape index (κ1) is 13.5. The van der Waals surface area contributed by atoms with Crippen LogP contribution >= 0.6 is 0 Å². The number of hydrogen-bond acceptors (Lipinski definition) is 2. The van der Waals surface area contributed by atoms with E-state index >= 15 is 0 Å². The fourth-order valence-electron chi connectivity index (χ4n) is 2.36. The van der Waals surface area contributed by atoms with Gasteiger partial charge in [0.25, 0.3) is 0 Å². The number of benzene rings is 2. The molecule has 1 aliphatic carbocycles. The summed E-state index contributed by atoms with van der Waals surface area (Å²) in [6.07, 6.45) is 2.37. The molecule has 0 unspecified atom stereocenters. The van der Waals surface area contributed by atoms with Crippen molar-refractivity contribution in [1.82, 2.24) is 5.43 Å². The van der Waals surface area contributed by atoms with Gasteiger partial charge in [-0.2, -0.15) is 5.10 Å². The maximum absolute atomic E-state index is 12.7. The maximum Gasteiger partial charge on any atom is 0.243 e. The molecule has 3 nitrogen and oxygen atoms in total. The van der Waals surface area contributed by atoms with Crippen LogP contribution in [0.2, 0.25) is 0 Å². The van der Waals surface area contributed by atoms with E-state index in [1.54, 1.807) is 12.1 Å². The van der Waals surface area contributed by atoms with Crippen molar-refractivity contribution >= 4 is 12.1 Å².